The summed E-state index contributed by atoms with van der Waals surface area (Å²) >= 11 is 17.7. The average molecular weight is 318 g/mol. The first kappa shape index (κ1) is 14.3. The van der Waals surface area contributed by atoms with Crippen molar-refractivity contribution in [2.75, 3.05) is 5.32 Å². The molecule has 19 heavy (non-hydrogen) atoms. The van der Waals surface area contributed by atoms with Crippen molar-refractivity contribution >= 4 is 40.5 Å². The third-order valence-corrected chi connectivity index (χ3v) is 3.44. The highest BCUT2D eigenvalue weighted by atomic mass is 35.5. The number of phenolic OH excluding ortho intramolecular Hbond substituents is 1. The summed E-state index contributed by atoms with van der Waals surface area (Å²) in [6.45, 7) is 2.26. The number of nitrogens with zero attached hydrogens (tertiary/aromatic N) is 1. The van der Waals surface area contributed by atoms with Gasteiger partial charge in [-0.05, 0) is 24.6 Å². The van der Waals surface area contributed by atoms with Crippen LogP contribution >= 0.6 is 34.8 Å². The van der Waals surface area contributed by atoms with Gasteiger partial charge >= 0.3 is 0 Å². The lowest BCUT2D eigenvalue weighted by Crippen LogP contribution is -2.03. The molecule has 100 valence electrons. The van der Waals surface area contributed by atoms with Crippen molar-refractivity contribution in [3.05, 3.63) is 50.7 Å². The Balaban J connectivity index is 2.22. The molecule has 1 aromatic carbocycles. The average Bonchev–Trinajstić information content (AvgIpc) is 2.33. The number of hydrogen-bond donors (Lipinski definition) is 2. The lowest BCUT2D eigenvalue weighted by molar-refractivity contribution is 0.469. The molecule has 0 fully saturated rings. The smallest absolute Gasteiger partial charge is 0.154 e. The van der Waals surface area contributed by atoms with Crippen LogP contribution in [0.25, 0.3) is 0 Å². The molecule has 0 aliphatic rings. The number of benzene rings is 1. The number of hydrogen-bond acceptors (Lipinski definition) is 3. The van der Waals surface area contributed by atoms with Crippen LogP contribution in [0.5, 0.6) is 5.75 Å². The number of aryl methyl sites for hydroxylation is 1. The minimum atomic E-state index is 0.0624. The van der Waals surface area contributed by atoms with Gasteiger partial charge < -0.3 is 10.4 Å². The maximum Gasteiger partial charge on any atom is 0.154 e. The summed E-state index contributed by atoms with van der Waals surface area (Å²) in [6.07, 6.45) is 0. The van der Waals surface area contributed by atoms with Crippen LogP contribution in [0.2, 0.25) is 15.3 Å². The number of phenols is 1. The fraction of sp³-hybridized carbons (Fsp3) is 0.154. The second kappa shape index (κ2) is 5.87. The number of pyridine rings is 1. The summed E-state index contributed by atoms with van der Waals surface area (Å²) in [6, 6.07) is 6.89. The molecule has 2 N–H and O–H groups in total. The molecule has 1 heterocycles. The third kappa shape index (κ3) is 3.24. The quantitative estimate of drug-likeness (QED) is 0.809. The molecule has 0 aliphatic carbocycles. The van der Waals surface area contributed by atoms with Gasteiger partial charge in [-0.1, -0.05) is 46.9 Å². The van der Waals surface area contributed by atoms with Gasteiger partial charge in [-0.15, -0.1) is 0 Å². The molecule has 2 rings (SSSR count). The zero-order chi connectivity index (χ0) is 14.0. The van der Waals surface area contributed by atoms with Gasteiger partial charge in [-0.2, -0.15) is 0 Å². The van der Waals surface area contributed by atoms with E-state index < -0.39 is 0 Å². The Morgan fingerprint density at radius 1 is 1.26 bits per heavy atom. The minimum Gasteiger partial charge on any atom is -0.506 e. The molecule has 6 heteroatoms. The summed E-state index contributed by atoms with van der Waals surface area (Å²) in [5.74, 6) is 0.0624. The van der Waals surface area contributed by atoms with Crippen LogP contribution in [0.4, 0.5) is 5.69 Å². The second-order valence-electron chi connectivity index (χ2n) is 4.03. The molecule has 0 saturated carbocycles. The number of rotatable bonds is 3. The van der Waals surface area contributed by atoms with Gasteiger partial charge in [0.25, 0.3) is 0 Å². The summed E-state index contributed by atoms with van der Waals surface area (Å²) in [7, 11) is 0. The van der Waals surface area contributed by atoms with E-state index in [4.69, 9.17) is 34.8 Å². The molecule has 2 aromatic rings. The standard InChI is InChI=1S/C13H11Cl3N2O/c1-7-5-10(15)18-13(16)11(7)17-6-8-3-2-4-9(14)12(8)19/h2-5,17,19H,6H2,1H3. The molecule has 3 nitrogen and oxygen atoms in total. The van der Waals surface area contributed by atoms with Crippen LogP contribution in [-0.2, 0) is 6.54 Å². The zero-order valence-corrected chi connectivity index (χ0v) is 12.3. The Kier molecular flexibility index (Phi) is 4.40. The van der Waals surface area contributed by atoms with E-state index in [1.807, 2.05) is 6.92 Å². The molecule has 1 aromatic heterocycles. The minimum absolute atomic E-state index is 0.0624. The van der Waals surface area contributed by atoms with Gasteiger partial charge in [0.05, 0.1) is 10.7 Å². The molecular formula is C13H11Cl3N2O. The van der Waals surface area contributed by atoms with Crippen molar-refractivity contribution in [2.24, 2.45) is 0 Å². The number of aromatic hydroxyl groups is 1. The molecule has 0 bridgehead atoms. The van der Waals surface area contributed by atoms with Crippen LogP contribution < -0.4 is 5.32 Å². The van der Waals surface area contributed by atoms with E-state index in [-0.39, 0.29) is 5.75 Å². The van der Waals surface area contributed by atoms with E-state index in [0.29, 0.717) is 33.1 Å². The van der Waals surface area contributed by atoms with Crippen LogP contribution in [0.15, 0.2) is 24.3 Å². The number of para-hydroxylation sites is 1. The Hall–Kier alpha value is -1.16. The highest BCUT2D eigenvalue weighted by molar-refractivity contribution is 6.34. The zero-order valence-electron chi connectivity index (χ0n) is 10.0. The SMILES string of the molecule is Cc1cc(Cl)nc(Cl)c1NCc1cccc(Cl)c1O. The van der Waals surface area contributed by atoms with Crippen LogP contribution in [0.3, 0.4) is 0 Å². The van der Waals surface area contributed by atoms with Gasteiger partial charge in [0.2, 0.25) is 0 Å². The third-order valence-electron chi connectivity index (χ3n) is 2.67. The highest BCUT2D eigenvalue weighted by Crippen LogP contribution is 2.30. The number of nitrogens with one attached hydrogen (secondary N) is 1. The number of halogens is 3. The topological polar surface area (TPSA) is 45.2 Å². The first-order valence-electron chi connectivity index (χ1n) is 5.52. The van der Waals surface area contributed by atoms with Gasteiger partial charge in [-0.3, -0.25) is 0 Å². The van der Waals surface area contributed by atoms with Crippen molar-refractivity contribution in [1.82, 2.24) is 4.98 Å². The molecule has 0 unspecified atom stereocenters. The Morgan fingerprint density at radius 2 is 2.00 bits per heavy atom. The molecule has 0 spiro atoms. The van der Waals surface area contributed by atoms with Crippen molar-refractivity contribution in [2.45, 2.75) is 13.5 Å². The Morgan fingerprint density at radius 3 is 2.68 bits per heavy atom. The van der Waals surface area contributed by atoms with E-state index in [1.165, 1.54) is 0 Å². The van der Waals surface area contributed by atoms with E-state index >= 15 is 0 Å². The maximum absolute atomic E-state index is 9.82. The van der Waals surface area contributed by atoms with Gasteiger partial charge in [-0.25, -0.2) is 4.98 Å². The fourth-order valence-electron chi connectivity index (χ4n) is 1.69. The lowest BCUT2D eigenvalue weighted by Gasteiger charge is -2.12. The predicted molar refractivity (Wildman–Crippen MR) is 79.4 cm³/mol. The van der Waals surface area contributed by atoms with Crippen LogP contribution in [0.1, 0.15) is 11.1 Å². The molecule has 0 aliphatic heterocycles. The molecule has 0 amide bonds. The second-order valence-corrected chi connectivity index (χ2v) is 5.18. The van der Waals surface area contributed by atoms with Gasteiger partial charge in [0, 0.05) is 12.1 Å². The van der Waals surface area contributed by atoms with Gasteiger partial charge in [0.1, 0.15) is 10.9 Å². The van der Waals surface area contributed by atoms with Crippen molar-refractivity contribution in [3.63, 3.8) is 0 Å². The summed E-state index contributed by atoms with van der Waals surface area (Å²) in [5.41, 5.74) is 2.25. The maximum atomic E-state index is 9.82. The molecule has 0 radical (unpaired) electrons. The number of aromatic nitrogens is 1. The monoisotopic (exact) mass is 316 g/mol. The van der Waals surface area contributed by atoms with E-state index in [9.17, 15) is 5.11 Å². The summed E-state index contributed by atoms with van der Waals surface area (Å²) < 4.78 is 0. The normalized spacial score (nSPS) is 10.5. The molecule has 0 atom stereocenters. The molecule has 0 saturated heterocycles. The van der Waals surface area contributed by atoms with Crippen molar-refractivity contribution in [3.8, 4) is 5.75 Å². The van der Waals surface area contributed by atoms with E-state index in [1.54, 1.807) is 24.3 Å². The van der Waals surface area contributed by atoms with E-state index in [2.05, 4.69) is 10.3 Å². The first-order valence-corrected chi connectivity index (χ1v) is 6.65. The van der Waals surface area contributed by atoms with E-state index in [0.717, 1.165) is 5.56 Å². The van der Waals surface area contributed by atoms with Gasteiger partial charge in [0.15, 0.2) is 5.15 Å². The highest BCUT2D eigenvalue weighted by Gasteiger charge is 2.09. The predicted octanol–water partition coefficient (Wildman–Crippen LogP) is 4.67. The summed E-state index contributed by atoms with van der Waals surface area (Å²) in [5, 5.41) is 13.9. The Labute approximate surface area is 126 Å². The lowest BCUT2D eigenvalue weighted by atomic mass is 10.2. The first-order chi connectivity index (χ1) is 8.99. The van der Waals surface area contributed by atoms with Crippen LogP contribution in [0, 0.1) is 6.92 Å². The van der Waals surface area contributed by atoms with Crippen molar-refractivity contribution < 1.29 is 5.11 Å². The fourth-order valence-corrected chi connectivity index (χ4v) is 2.49. The Bertz CT molecular complexity index is 594. The van der Waals surface area contributed by atoms with Crippen molar-refractivity contribution in [1.29, 1.82) is 0 Å². The largest absolute Gasteiger partial charge is 0.506 e. The van der Waals surface area contributed by atoms with Crippen LogP contribution in [-0.4, -0.2) is 10.1 Å². The molecular weight excluding hydrogens is 307 g/mol. The number of anilines is 1. The summed E-state index contributed by atoms with van der Waals surface area (Å²) in [4.78, 5) is 3.97.